The predicted molar refractivity (Wildman–Crippen MR) is 115 cm³/mol. The zero-order valence-electron chi connectivity index (χ0n) is 16.4. The van der Waals surface area contributed by atoms with Crippen LogP contribution in [0.3, 0.4) is 0 Å². The first kappa shape index (κ1) is 20.9. The number of hydrogen-bond acceptors (Lipinski definition) is 3. The Bertz CT molecular complexity index is 1000. The highest BCUT2D eigenvalue weighted by atomic mass is 32.1. The Morgan fingerprint density at radius 2 is 1.76 bits per heavy atom. The molecule has 4 nitrogen and oxygen atoms in total. The molecule has 0 unspecified atom stereocenters. The second kappa shape index (κ2) is 9.60. The molecule has 1 aromatic heterocycles. The number of nitrogens with zero attached hydrogens (tertiary/aromatic N) is 1. The van der Waals surface area contributed by atoms with Crippen LogP contribution in [0.5, 0.6) is 0 Å². The molecule has 7 heteroatoms. The lowest BCUT2D eigenvalue weighted by atomic mass is 10.0. The molecule has 2 N–H and O–H groups in total. The molecule has 29 heavy (non-hydrogen) atoms. The van der Waals surface area contributed by atoms with E-state index in [0.717, 1.165) is 30.7 Å². The molecule has 0 saturated carbocycles. The average molecular weight is 416 g/mol. The zero-order chi connectivity index (χ0) is 20.8. The third-order valence-electron chi connectivity index (χ3n) is 4.51. The number of nitrogens with one attached hydrogen (secondary N) is 2. The molecule has 0 spiro atoms. The van der Waals surface area contributed by atoms with Crippen LogP contribution in [0.15, 0.2) is 42.6 Å². The van der Waals surface area contributed by atoms with Crippen molar-refractivity contribution >= 4 is 28.1 Å². The van der Waals surface area contributed by atoms with E-state index in [-0.39, 0.29) is 11.5 Å². The SMILES string of the molecule is CCCCCc1ncc(NC(=O)Nc2ccc(-c3ccc(C)c(F)c3)cc2F)s1. The topological polar surface area (TPSA) is 54.0 Å². The minimum Gasteiger partial charge on any atom is -0.305 e. The number of amides is 2. The summed E-state index contributed by atoms with van der Waals surface area (Å²) < 4.78 is 28.2. The first-order valence-electron chi connectivity index (χ1n) is 9.55. The molecule has 0 radical (unpaired) electrons. The molecule has 3 rings (SSSR count). The van der Waals surface area contributed by atoms with Crippen LogP contribution in [0.25, 0.3) is 11.1 Å². The Morgan fingerprint density at radius 3 is 2.45 bits per heavy atom. The van der Waals surface area contributed by atoms with Crippen molar-refractivity contribution in [2.75, 3.05) is 10.6 Å². The van der Waals surface area contributed by atoms with E-state index in [0.29, 0.717) is 21.7 Å². The molecule has 3 aromatic rings. The molecule has 0 bridgehead atoms. The van der Waals surface area contributed by atoms with Gasteiger partial charge in [-0.05, 0) is 54.7 Å². The van der Waals surface area contributed by atoms with Crippen LogP contribution >= 0.6 is 11.3 Å². The first-order chi connectivity index (χ1) is 14.0. The fourth-order valence-electron chi connectivity index (χ4n) is 2.84. The molecule has 2 amide bonds. The summed E-state index contributed by atoms with van der Waals surface area (Å²) in [6, 6.07) is 8.58. The zero-order valence-corrected chi connectivity index (χ0v) is 17.2. The number of carbonyl (C=O) groups excluding carboxylic acids is 1. The van der Waals surface area contributed by atoms with Gasteiger partial charge in [0.1, 0.15) is 16.6 Å². The maximum atomic E-state index is 14.4. The third kappa shape index (κ3) is 5.60. The number of thiazole rings is 1. The van der Waals surface area contributed by atoms with E-state index < -0.39 is 11.8 Å². The number of hydrogen-bond donors (Lipinski definition) is 2. The fourth-order valence-corrected chi connectivity index (χ4v) is 3.70. The maximum Gasteiger partial charge on any atom is 0.324 e. The van der Waals surface area contributed by atoms with E-state index in [4.69, 9.17) is 0 Å². The first-order valence-corrected chi connectivity index (χ1v) is 10.4. The van der Waals surface area contributed by atoms with E-state index in [9.17, 15) is 13.6 Å². The highest BCUT2D eigenvalue weighted by molar-refractivity contribution is 7.15. The van der Waals surface area contributed by atoms with Crippen molar-refractivity contribution in [3.63, 3.8) is 0 Å². The Morgan fingerprint density at radius 1 is 1.03 bits per heavy atom. The number of unbranched alkanes of at least 4 members (excludes halogenated alkanes) is 2. The number of halogens is 2. The van der Waals surface area contributed by atoms with Crippen LogP contribution in [0, 0.1) is 18.6 Å². The summed E-state index contributed by atoms with van der Waals surface area (Å²) >= 11 is 1.42. The number of anilines is 2. The molecule has 0 aliphatic rings. The quantitative estimate of drug-likeness (QED) is 0.418. The van der Waals surface area contributed by atoms with E-state index in [1.807, 2.05) is 0 Å². The summed E-state index contributed by atoms with van der Waals surface area (Å²) in [7, 11) is 0. The van der Waals surface area contributed by atoms with Gasteiger partial charge in [0.05, 0.1) is 16.9 Å². The van der Waals surface area contributed by atoms with Gasteiger partial charge in [0.2, 0.25) is 0 Å². The fraction of sp³-hybridized carbons (Fsp3) is 0.273. The van der Waals surface area contributed by atoms with Crippen LogP contribution in [0.2, 0.25) is 0 Å². The van der Waals surface area contributed by atoms with Gasteiger partial charge in [0, 0.05) is 0 Å². The molecule has 0 fully saturated rings. The number of aromatic nitrogens is 1. The van der Waals surface area contributed by atoms with Gasteiger partial charge in [-0.2, -0.15) is 0 Å². The molecule has 0 atom stereocenters. The van der Waals surface area contributed by atoms with Gasteiger partial charge < -0.3 is 5.32 Å². The minimum atomic E-state index is -0.594. The van der Waals surface area contributed by atoms with Gasteiger partial charge >= 0.3 is 6.03 Å². The van der Waals surface area contributed by atoms with E-state index in [1.165, 1.54) is 29.5 Å². The van der Waals surface area contributed by atoms with Gasteiger partial charge in [-0.15, -0.1) is 11.3 Å². The second-order valence-electron chi connectivity index (χ2n) is 6.81. The lowest BCUT2D eigenvalue weighted by Crippen LogP contribution is -2.19. The predicted octanol–water partition coefficient (Wildman–Crippen LogP) is 6.77. The summed E-state index contributed by atoms with van der Waals surface area (Å²) in [5.74, 6) is -0.939. The molecule has 2 aromatic carbocycles. The largest absolute Gasteiger partial charge is 0.324 e. The van der Waals surface area contributed by atoms with Gasteiger partial charge in [-0.1, -0.05) is 38.0 Å². The smallest absolute Gasteiger partial charge is 0.305 e. The van der Waals surface area contributed by atoms with Crippen molar-refractivity contribution in [2.45, 2.75) is 39.5 Å². The molecule has 0 saturated heterocycles. The van der Waals surface area contributed by atoms with Crippen molar-refractivity contribution in [2.24, 2.45) is 0 Å². The van der Waals surface area contributed by atoms with E-state index in [1.54, 1.807) is 31.3 Å². The van der Waals surface area contributed by atoms with Gasteiger partial charge in [0.25, 0.3) is 0 Å². The Balaban J connectivity index is 1.62. The summed E-state index contributed by atoms with van der Waals surface area (Å²) in [6.07, 6.45) is 5.85. The van der Waals surface area contributed by atoms with E-state index >= 15 is 0 Å². The molecule has 1 heterocycles. The van der Waals surface area contributed by atoms with Crippen molar-refractivity contribution in [3.8, 4) is 11.1 Å². The summed E-state index contributed by atoms with van der Waals surface area (Å²) in [5.41, 5.74) is 1.68. The lowest BCUT2D eigenvalue weighted by molar-refractivity contribution is 0.262. The molecule has 152 valence electrons. The number of aryl methyl sites for hydroxylation is 2. The van der Waals surface area contributed by atoms with Crippen molar-refractivity contribution in [1.29, 1.82) is 0 Å². The van der Waals surface area contributed by atoms with E-state index in [2.05, 4.69) is 22.5 Å². The Hall–Kier alpha value is -2.80. The van der Waals surface area contributed by atoms with Crippen molar-refractivity contribution in [3.05, 3.63) is 64.8 Å². The lowest BCUT2D eigenvalue weighted by Gasteiger charge is -2.09. The average Bonchev–Trinajstić information content (AvgIpc) is 3.13. The van der Waals surface area contributed by atoms with Crippen molar-refractivity contribution in [1.82, 2.24) is 4.98 Å². The maximum absolute atomic E-state index is 14.4. The monoisotopic (exact) mass is 415 g/mol. The molecule has 0 aliphatic carbocycles. The number of rotatable bonds is 7. The van der Waals surface area contributed by atoms with Gasteiger partial charge in [-0.25, -0.2) is 18.6 Å². The molecule has 0 aliphatic heterocycles. The summed E-state index contributed by atoms with van der Waals surface area (Å²) in [5, 5.41) is 6.76. The number of benzene rings is 2. The third-order valence-corrected chi connectivity index (χ3v) is 5.48. The Kier molecular flexibility index (Phi) is 6.93. The standard InChI is InChI=1S/C22H23F2N3OS/c1-3-4-5-6-20-25-13-21(29-20)27-22(28)26-19-10-9-16(12-18(19)24)15-8-7-14(2)17(23)11-15/h7-13H,3-6H2,1-2H3,(H2,26,27,28). The Labute approximate surface area is 173 Å². The minimum absolute atomic E-state index is 0.0477. The summed E-state index contributed by atoms with van der Waals surface area (Å²) in [4.78, 5) is 16.5. The van der Waals surface area contributed by atoms with Crippen LogP contribution in [-0.4, -0.2) is 11.0 Å². The molecular weight excluding hydrogens is 392 g/mol. The van der Waals surface area contributed by atoms with Gasteiger partial charge in [0.15, 0.2) is 0 Å². The second-order valence-corrected chi connectivity index (χ2v) is 7.93. The van der Waals surface area contributed by atoms with Gasteiger partial charge in [-0.3, -0.25) is 5.32 Å². The van der Waals surface area contributed by atoms with Crippen LogP contribution < -0.4 is 10.6 Å². The van der Waals surface area contributed by atoms with Crippen LogP contribution in [-0.2, 0) is 6.42 Å². The van der Waals surface area contributed by atoms with Crippen molar-refractivity contribution < 1.29 is 13.6 Å². The summed E-state index contributed by atoms with van der Waals surface area (Å²) in [6.45, 7) is 3.81. The number of carbonyl (C=O) groups is 1. The highest BCUT2D eigenvalue weighted by Gasteiger charge is 2.11. The molecular formula is C22H23F2N3OS. The number of urea groups is 1. The highest BCUT2D eigenvalue weighted by Crippen LogP contribution is 2.26. The van der Waals surface area contributed by atoms with Crippen LogP contribution in [0.4, 0.5) is 24.3 Å². The van der Waals surface area contributed by atoms with Crippen LogP contribution in [0.1, 0.15) is 36.8 Å². The normalized spacial score (nSPS) is 10.8.